The Bertz CT molecular complexity index is 776. The second kappa shape index (κ2) is 4.71. The molecule has 0 aliphatic heterocycles. The fraction of sp³-hybridized carbons (Fsp3) is 0.900. The Morgan fingerprint density at radius 2 is 1.32 bits per heavy atom. The van der Waals surface area contributed by atoms with Crippen LogP contribution in [0.4, 0.5) is 0 Å². The zero-order chi connectivity index (χ0) is 20.0. The van der Waals surface area contributed by atoms with Crippen LogP contribution in [0.5, 0.6) is 0 Å². The molecule has 12 unspecified atom stereocenters. The summed E-state index contributed by atoms with van der Waals surface area (Å²) >= 11 is 0. The minimum atomic E-state index is -1.46. The SMILES string of the molecule is COC1(OC)C2C3C4C5C6C(O)C(C=O)(C2C(O)C(C=O)(C35)C6(OC)OC)C41. The molecule has 28 heavy (non-hydrogen) atoms. The normalized spacial score (nSPS) is 62.2. The van der Waals surface area contributed by atoms with Crippen LogP contribution in [0.25, 0.3) is 0 Å². The molecule has 6 saturated carbocycles. The van der Waals surface area contributed by atoms with Gasteiger partial charge in [-0.15, -0.1) is 0 Å². The van der Waals surface area contributed by atoms with Crippen molar-refractivity contribution in [1.82, 2.24) is 0 Å². The van der Waals surface area contributed by atoms with Crippen LogP contribution in [0.1, 0.15) is 0 Å². The Hall–Kier alpha value is -0.900. The van der Waals surface area contributed by atoms with Crippen LogP contribution < -0.4 is 0 Å². The van der Waals surface area contributed by atoms with E-state index in [0.29, 0.717) is 0 Å². The number of carbonyl (C=O) groups excluding carboxylic acids is 2. The second-order valence-electron chi connectivity index (χ2n) is 9.58. The van der Waals surface area contributed by atoms with Crippen LogP contribution in [0.3, 0.4) is 0 Å². The molecule has 6 aliphatic carbocycles. The van der Waals surface area contributed by atoms with Crippen LogP contribution in [0.2, 0.25) is 0 Å². The van der Waals surface area contributed by atoms with Crippen molar-refractivity contribution in [3.05, 3.63) is 0 Å². The zero-order valence-electron chi connectivity index (χ0n) is 16.3. The van der Waals surface area contributed by atoms with Gasteiger partial charge in [0.05, 0.1) is 17.6 Å². The van der Waals surface area contributed by atoms with Crippen LogP contribution in [-0.4, -0.2) is 75.0 Å². The molecule has 0 saturated heterocycles. The molecule has 0 heterocycles. The Kier molecular flexibility index (Phi) is 3.01. The van der Waals surface area contributed by atoms with Crippen LogP contribution in [0.15, 0.2) is 0 Å². The highest BCUT2D eigenvalue weighted by Crippen LogP contribution is 2.92. The molecule has 0 amide bonds. The van der Waals surface area contributed by atoms with E-state index in [-0.39, 0.29) is 35.5 Å². The van der Waals surface area contributed by atoms with E-state index < -0.39 is 46.4 Å². The molecule has 6 fully saturated rings. The summed E-state index contributed by atoms with van der Waals surface area (Å²) in [5, 5.41) is 23.4. The maximum atomic E-state index is 12.7. The van der Waals surface area contributed by atoms with E-state index in [1.165, 1.54) is 14.2 Å². The largest absolute Gasteiger partial charge is 0.392 e. The minimum absolute atomic E-state index is 0.0590. The van der Waals surface area contributed by atoms with Gasteiger partial charge in [0.1, 0.15) is 18.0 Å². The maximum absolute atomic E-state index is 12.7. The van der Waals surface area contributed by atoms with Gasteiger partial charge in [0.25, 0.3) is 0 Å². The molecule has 0 spiro atoms. The van der Waals surface area contributed by atoms with Gasteiger partial charge in [-0.2, -0.15) is 0 Å². The maximum Gasteiger partial charge on any atom is 0.188 e. The van der Waals surface area contributed by atoms with Gasteiger partial charge in [0.2, 0.25) is 0 Å². The predicted octanol–water partition coefficient (Wildman–Crippen LogP) is -0.932. The first kappa shape index (κ1) is 17.9. The van der Waals surface area contributed by atoms with Gasteiger partial charge >= 0.3 is 0 Å². The third-order valence-electron chi connectivity index (χ3n) is 10.3. The van der Waals surface area contributed by atoms with Crippen LogP contribution >= 0.6 is 0 Å². The highest BCUT2D eigenvalue weighted by Gasteiger charge is 3.00. The van der Waals surface area contributed by atoms with Crippen molar-refractivity contribution in [1.29, 1.82) is 0 Å². The number of fused-ring (bicyclic) bond motifs is 1. The lowest BCUT2D eigenvalue weighted by atomic mass is 9.33. The quantitative estimate of drug-likeness (QED) is 0.439. The number of hydrogen-bond donors (Lipinski definition) is 2. The average Bonchev–Trinajstić information content (AvgIpc) is 3.22. The predicted molar refractivity (Wildman–Crippen MR) is 90.4 cm³/mol. The lowest BCUT2D eigenvalue weighted by Gasteiger charge is -2.69. The van der Waals surface area contributed by atoms with Crippen molar-refractivity contribution < 1.29 is 38.7 Å². The Labute approximate surface area is 162 Å². The van der Waals surface area contributed by atoms with E-state index in [1.54, 1.807) is 14.2 Å². The molecular formula is C20H26O8. The summed E-state index contributed by atoms with van der Waals surface area (Å²) in [5.41, 5.74) is -2.60. The van der Waals surface area contributed by atoms with Gasteiger partial charge in [-0.25, -0.2) is 0 Å². The summed E-state index contributed by atoms with van der Waals surface area (Å²) < 4.78 is 23.5. The number of aldehydes is 2. The van der Waals surface area contributed by atoms with Crippen molar-refractivity contribution in [2.75, 3.05) is 28.4 Å². The molecule has 2 N–H and O–H groups in total. The number of rotatable bonds is 6. The van der Waals surface area contributed by atoms with Gasteiger partial charge < -0.3 is 38.7 Å². The summed E-state index contributed by atoms with van der Waals surface area (Å²) in [5.74, 6) is -4.58. The number of carbonyl (C=O) groups is 2. The number of methoxy groups -OCH3 is 4. The van der Waals surface area contributed by atoms with Gasteiger partial charge in [-0.05, 0) is 23.7 Å². The number of ether oxygens (including phenoxy) is 4. The van der Waals surface area contributed by atoms with Gasteiger partial charge in [-0.3, -0.25) is 0 Å². The Morgan fingerprint density at radius 1 is 0.714 bits per heavy atom. The van der Waals surface area contributed by atoms with Crippen molar-refractivity contribution in [3.8, 4) is 0 Å². The molecule has 8 heteroatoms. The van der Waals surface area contributed by atoms with E-state index in [2.05, 4.69) is 0 Å². The van der Waals surface area contributed by atoms with Gasteiger partial charge in [-0.1, -0.05) is 0 Å². The zero-order valence-corrected chi connectivity index (χ0v) is 16.3. The van der Waals surface area contributed by atoms with Gasteiger partial charge in [0, 0.05) is 52.1 Å². The summed E-state index contributed by atoms with van der Waals surface area (Å²) in [4.78, 5) is 25.4. The van der Waals surface area contributed by atoms with E-state index in [4.69, 9.17) is 18.9 Å². The lowest BCUT2D eigenvalue weighted by Crippen LogP contribution is -2.75. The molecule has 2 bridgehead atoms. The van der Waals surface area contributed by atoms with E-state index in [0.717, 1.165) is 12.6 Å². The van der Waals surface area contributed by atoms with E-state index in [9.17, 15) is 19.8 Å². The molecule has 0 aromatic heterocycles. The monoisotopic (exact) mass is 394 g/mol. The summed E-state index contributed by atoms with van der Waals surface area (Å²) in [6.07, 6.45) is -0.770. The van der Waals surface area contributed by atoms with E-state index in [1.807, 2.05) is 0 Å². The van der Waals surface area contributed by atoms with Crippen molar-refractivity contribution in [3.63, 3.8) is 0 Å². The smallest absolute Gasteiger partial charge is 0.188 e. The molecule has 154 valence electrons. The fourth-order valence-corrected chi connectivity index (χ4v) is 10.1. The van der Waals surface area contributed by atoms with Crippen molar-refractivity contribution in [2.24, 2.45) is 58.2 Å². The average molecular weight is 394 g/mol. The molecule has 6 rings (SSSR count). The topological polar surface area (TPSA) is 112 Å². The highest BCUT2D eigenvalue weighted by molar-refractivity contribution is 5.74. The molecule has 12 atom stereocenters. The first-order chi connectivity index (χ1) is 13.4. The summed E-state index contributed by atoms with van der Waals surface area (Å²) in [6.45, 7) is 0. The fourth-order valence-electron chi connectivity index (χ4n) is 10.1. The number of aliphatic hydroxyl groups is 2. The minimum Gasteiger partial charge on any atom is -0.392 e. The molecule has 0 aromatic rings. The molecule has 8 nitrogen and oxygen atoms in total. The third-order valence-corrected chi connectivity index (χ3v) is 10.3. The standard InChI is InChI=1S/C20H26O8/c1-25-19(26-2)11-8-7-9-10(8)18(6-22)16(24)13(11)17(5-21,14(7)19)15(23)12(9)20(18,27-3)28-4/h5-16,23-24H,1-4H3. The van der Waals surface area contributed by atoms with Crippen molar-refractivity contribution >= 4 is 12.6 Å². The molecule has 6 aliphatic rings. The Morgan fingerprint density at radius 3 is 1.82 bits per heavy atom. The summed E-state index contributed by atoms with van der Waals surface area (Å²) in [7, 11) is 6.01. The summed E-state index contributed by atoms with van der Waals surface area (Å²) in [6, 6.07) is 0. The van der Waals surface area contributed by atoms with Crippen LogP contribution in [0, 0.1) is 58.2 Å². The lowest BCUT2D eigenvalue weighted by molar-refractivity contribution is -0.317. The Balaban J connectivity index is 1.72. The van der Waals surface area contributed by atoms with E-state index >= 15 is 0 Å². The first-order valence-electron chi connectivity index (χ1n) is 9.91. The number of aliphatic hydroxyl groups excluding tert-OH is 2. The van der Waals surface area contributed by atoms with Crippen molar-refractivity contribution in [2.45, 2.75) is 23.8 Å². The number of hydrogen-bond acceptors (Lipinski definition) is 8. The van der Waals surface area contributed by atoms with Gasteiger partial charge in [0.15, 0.2) is 11.6 Å². The second-order valence-corrected chi connectivity index (χ2v) is 9.58. The third kappa shape index (κ3) is 1.12. The molecule has 0 radical (unpaired) electrons. The molecule has 0 aromatic carbocycles. The first-order valence-corrected chi connectivity index (χ1v) is 9.91. The molecular weight excluding hydrogens is 368 g/mol. The van der Waals surface area contributed by atoms with Crippen LogP contribution in [-0.2, 0) is 28.5 Å². The highest BCUT2D eigenvalue weighted by atomic mass is 16.7.